The molecule has 3 N–H and O–H groups in total. The summed E-state index contributed by atoms with van der Waals surface area (Å²) in [5.74, 6) is 0.468. The number of aromatic nitrogens is 3. The third-order valence-corrected chi connectivity index (χ3v) is 2.92. The minimum atomic E-state index is -0.0822. The summed E-state index contributed by atoms with van der Waals surface area (Å²) < 4.78 is 1.67. The highest BCUT2D eigenvalue weighted by molar-refractivity contribution is 5.58. The Morgan fingerprint density at radius 1 is 1.05 bits per heavy atom. The first-order chi connectivity index (χ1) is 9.78. The zero-order valence-corrected chi connectivity index (χ0v) is 10.7. The van der Waals surface area contributed by atoms with E-state index in [1.165, 1.54) is 0 Å². The van der Waals surface area contributed by atoms with Gasteiger partial charge in [0.15, 0.2) is 5.65 Å². The maximum atomic E-state index is 9.22. The van der Waals surface area contributed by atoms with Gasteiger partial charge >= 0.3 is 0 Å². The van der Waals surface area contributed by atoms with E-state index in [4.69, 9.17) is 0 Å². The van der Waals surface area contributed by atoms with Crippen molar-refractivity contribution in [1.82, 2.24) is 14.6 Å². The molecule has 0 radical (unpaired) electrons. The Bertz CT molecular complexity index is 684. The molecule has 0 saturated carbocycles. The molecule has 102 valence electrons. The van der Waals surface area contributed by atoms with Crippen LogP contribution in [0.5, 0.6) is 0 Å². The molecule has 0 amide bonds. The summed E-state index contributed by atoms with van der Waals surface area (Å²) in [6.07, 6.45) is 1.82. The topological polar surface area (TPSA) is 82.7 Å². The summed E-state index contributed by atoms with van der Waals surface area (Å²) in [5, 5.41) is 25.8. The van der Waals surface area contributed by atoms with Crippen LogP contribution in [0.15, 0.2) is 42.6 Å². The van der Waals surface area contributed by atoms with Gasteiger partial charge in [-0.3, -0.25) is 0 Å². The van der Waals surface area contributed by atoms with Crippen molar-refractivity contribution in [2.45, 2.75) is 13.2 Å². The molecule has 20 heavy (non-hydrogen) atoms. The fourth-order valence-corrected chi connectivity index (χ4v) is 2.03. The SMILES string of the molecule is OCc1cc(CO)cc(Nc2nc3ccccn3n2)c1. The van der Waals surface area contributed by atoms with Crippen LogP contribution in [0, 0.1) is 0 Å². The monoisotopic (exact) mass is 270 g/mol. The van der Waals surface area contributed by atoms with E-state index in [0.29, 0.717) is 5.95 Å². The van der Waals surface area contributed by atoms with E-state index in [1.54, 1.807) is 22.7 Å². The van der Waals surface area contributed by atoms with Gasteiger partial charge in [0.25, 0.3) is 0 Å². The van der Waals surface area contributed by atoms with E-state index in [9.17, 15) is 10.2 Å². The lowest BCUT2D eigenvalue weighted by molar-refractivity contribution is 0.275. The Morgan fingerprint density at radius 2 is 1.80 bits per heavy atom. The lowest BCUT2D eigenvalue weighted by atomic mass is 10.1. The Labute approximate surface area is 115 Å². The third kappa shape index (κ3) is 2.47. The molecule has 0 saturated heterocycles. The number of rotatable bonds is 4. The van der Waals surface area contributed by atoms with Gasteiger partial charge in [0, 0.05) is 11.9 Å². The molecule has 0 spiro atoms. The van der Waals surface area contributed by atoms with Gasteiger partial charge in [-0.05, 0) is 35.4 Å². The summed E-state index contributed by atoms with van der Waals surface area (Å²) in [4.78, 5) is 4.33. The molecule has 0 aliphatic rings. The minimum Gasteiger partial charge on any atom is -0.392 e. The number of nitrogens with one attached hydrogen (secondary N) is 1. The van der Waals surface area contributed by atoms with Gasteiger partial charge in [-0.15, -0.1) is 5.10 Å². The van der Waals surface area contributed by atoms with E-state index in [1.807, 2.05) is 24.4 Å². The zero-order valence-electron chi connectivity index (χ0n) is 10.7. The summed E-state index contributed by atoms with van der Waals surface area (Å²) in [6.45, 7) is -0.164. The van der Waals surface area contributed by atoms with Crippen molar-refractivity contribution in [2.24, 2.45) is 0 Å². The molecule has 1 aromatic carbocycles. The Hall–Kier alpha value is -2.44. The molecule has 0 bridgehead atoms. The second-order valence-electron chi connectivity index (χ2n) is 4.42. The van der Waals surface area contributed by atoms with Crippen molar-refractivity contribution in [3.05, 3.63) is 53.7 Å². The predicted octanol–water partition coefficient (Wildman–Crippen LogP) is 1.46. The van der Waals surface area contributed by atoms with Gasteiger partial charge in [0.05, 0.1) is 13.2 Å². The average molecular weight is 270 g/mol. The van der Waals surface area contributed by atoms with Crippen molar-refractivity contribution in [3.8, 4) is 0 Å². The number of pyridine rings is 1. The molecule has 0 aliphatic heterocycles. The van der Waals surface area contributed by atoms with Gasteiger partial charge in [-0.1, -0.05) is 12.1 Å². The van der Waals surface area contributed by atoms with Crippen LogP contribution in [-0.4, -0.2) is 24.8 Å². The number of aliphatic hydroxyl groups is 2. The fraction of sp³-hybridized carbons (Fsp3) is 0.143. The largest absolute Gasteiger partial charge is 0.392 e. The van der Waals surface area contributed by atoms with Crippen LogP contribution in [0.1, 0.15) is 11.1 Å². The van der Waals surface area contributed by atoms with E-state index in [-0.39, 0.29) is 13.2 Å². The van der Waals surface area contributed by atoms with Crippen LogP contribution >= 0.6 is 0 Å². The molecule has 6 heteroatoms. The first-order valence-corrected chi connectivity index (χ1v) is 6.21. The number of fused-ring (bicyclic) bond motifs is 1. The highest BCUT2D eigenvalue weighted by Gasteiger charge is 2.05. The second kappa shape index (κ2) is 5.28. The van der Waals surface area contributed by atoms with Gasteiger partial charge in [-0.25, -0.2) is 4.52 Å². The quantitative estimate of drug-likeness (QED) is 0.668. The van der Waals surface area contributed by atoms with E-state index < -0.39 is 0 Å². The average Bonchev–Trinajstić information content (AvgIpc) is 2.88. The Kier molecular flexibility index (Phi) is 3.32. The van der Waals surface area contributed by atoms with Crippen LogP contribution in [0.4, 0.5) is 11.6 Å². The van der Waals surface area contributed by atoms with Gasteiger partial charge < -0.3 is 15.5 Å². The van der Waals surface area contributed by atoms with E-state index in [2.05, 4.69) is 15.4 Å². The molecule has 6 nitrogen and oxygen atoms in total. The number of anilines is 2. The number of aliphatic hydroxyl groups excluding tert-OH is 2. The van der Waals surface area contributed by atoms with E-state index >= 15 is 0 Å². The summed E-state index contributed by atoms with van der Waals surface area (Å²) in [5.41, 5.74) is 2.93. The maximum Gasteiger partial charge on any atom is 0.247 e. The van der Waals surface area contributed by atoms with Gasteiger partial charge in [0.2, 0.25) is 5.95 Å². The molecule has 0 fully saturated rings. The lowest BCUT2D eigenvalue weighted by Gasteiger charge is -2.07. The predicted molar refractivity (Wildman–Crippen MR) is 74.6 cm³/mol. The smallest absolute Gasteiger partial charge is 0.247 e. The maximum absolute atomic E-state index is 9.22. The summed E-state index contributed by atoms with van der Waals surface area (Å²) >= 11 is 0. The minimum absolute atomic E-state index is 0.0822. The normalized spacial score (nSPS) is 10.9. The van der Waals surface area contributed by atoms with Crippen LogP contribution in [-0.2, 0) is 13.2 Å². The lowest BCUT2D eigenvalue weighted by Crippen LogP contribution is -1.97. The van der Waals surface area contributed by atoms with Gasteiger partial charge in [0.1, 0.15) is 0 Å². The number of benzene rings is 1. The Balaban J connectivity index is 1.93. The molecule has 0 unspecified atom stereocenters. The van der Waals surface area contributed by atoms with Crippen LogP contribution in [0.25, 0.3) is 5.65 Å². The highest BCUT2D eigenvalue weighted by Crippen LogP contribution is 2.19. The molecule has 2 aromatic heterocycles. The van der Waals surface area contributed by atoms with Crippen molar-refractivity contribution in [3.63, 3.8) is 0 Å². The number of hydrogen-bond acceptors (Lipinski definition) is 5. The van der Waals surface area contributed by atoms with E-state index in [0.717, 1.165) is 22.5 Å². The standard InChI is InChI=1S/C14H14N4O2/c19-8-10-5-11(9-20)7-12(6-10)15-14-16-13-3-1-2-4-18(13)17-14/h1-7,19-20H,8-9H2,(H,15,17). The first-order valence-electron chi connectivity index (χ1n) is 6.21. The van der Waals surface area contributed by atoms with Crippen LogP contribution in [0.2, 0.25) is 0 Å². The Morgan fingerprint density at radius 3 is 2.45 bits per heavy atom. The summed E-state index contributed by atoms with van der Waals surface area (Å²) in [6, 6.07) is 11.0. The molecule has 0 aliphatic carbocycles. The van der Waals surface area contributed by atoms with Crippen molar-refractivity contribution >= 4 is 17.3 Å². The molecule has 3 aromatic rings. The fourth-order valence-electron chi connectivity index (χ4n) is 2.03. The molecular weight excluding hydrogens is 256 g/mol. The molecule has 0 atom stereocenters. The molecule has 3 rings (SSSR count). The number of hydrogen-bond donors (Lipinski definition) is 3. The molecular formula is C14H14N4O2. The van der Waals surface area contributed by atoms with Crippen molar-refractivity contribution in [1.29, 1.82) is 0 Å². The number of nitrogens with zero attached hydrogens (tertiary/aromatic N) is 3. The van der Waals surface area contributed by atoms with Crippen LogP contribution in [0.3, 0.4) is 0 Å². The van der Waals surface area contributed by atoms with Gasteiger partial charge in [-0.2, -0.15) is 4.98 Å². The van der Waals surface area contributed by atoms with Crippen molar-refractivity contribution < 1.29 is 10.2 Å². The third-order valence-electron chi connectivity index (χ3n) is 2.92. The second-order valence-corrected chi connectivity index (χ2v) is 4.42. The summed E-state index contributed by atoms with van der Waals surface area (Å²) in [7, 11) is 0. The molecule has 2 heterocycles. The first kappa shape index (κ1) is 12.6. The highest BCUT2D eigenvalue weighted by atomic mass is 16.3. The van der Waals surface area contributed by atoms with Crippen molar-refractivity contribution in [2.75, 3.05) is 5.32 Å². The van der Waals surface area contributed by atoms with Crippen LogP contribution < -0.4 is 5.32 Å². The zero-order chi connectivity index (χ0) is 13.9.